The molecule has 124 valence electrons. The summed E-state index contributed by atoms with van der Waals surface area (Å²) in [6.07, 6.45) is -0.157. The van der Waals surface area contributed by atoms with Gasteiger partial charge in [-0.05, 0) is 41.5 Å². The second kappa shape index (κ2) is 7.89. The Morgan fingerprint density at radius 2 is 1.83 bits per heavy atom. The van der Waals surface area contributed by atoms with Crippen LogP contribution in [0, 0.1) is 23.0 Å². The quantitative estimate of drug-likeness (QED) is 0.743. The first-order valence-corrected chi connectivity index (χ1v) is 7.51. The van der Waals surface area contributed by atoms with Crippen LogP contribution in [-0.2, 0) is 9.53 Å². The van der Waals surface area contributed by atoms with E-state index in [9.17, 15) is 18.8 Å². The van der Waals surface area contributed by atoms with Gasteiger partial charge >= 0.3 is 5.97 Å². The van der Waals surface area contributed by atoms with E-state index in [-0.39, 0.29) is 11.4 Å². The number of hydrogen-bond acceptors (Lipinski definition) is 3. The number of ether oxygens (including phenoxy) is 1. The summed E-state index contributed by atoms with van der Waals surface area (Å²) in [5.74, 6) is -3.06. The number of halogens is 3. The van der Waals surface area contributed by atoms with Gasteiger partial charge < -0.3 is 4.74 Å². The Hall–Kier alpha value is -2.45. The third-order valence-corrected chi connectivity index (χ3v) is 4.09. The molecule has 0 aliphatic heterocycles. The summed E-state index contributed by atoms with van der Waals surface area (Å²) >= 11 is 6.14. The highest BCUT2D eigenvalue weighted by molar-refractivity contribution is 6.31. The van der Waals surface area contributed by atoms with E-state index in [4.69, 9.17) is 11.6 Å². The van der Waals surface area contributed by atoms with Crippen LogP contribution < -0.4 is 0 Å². The molecule has 0 bridgehead atoms. The zero-order valence-corrected chi connectivity index (χ0v) is 13.6. The van der Waals surface area contributed by atoms with Crippen LogP contribution in [0.4, 0.5) is 8.78 Å². The molecule has 2 rings (SSSR count). The summed E-state index contributed by atoms with van der Waals surface area (Å²) in [6, 6.07) is 11.2. The van der Waals surface area contributed by atoms with E-state index in [1.54, 1.807) is 0 Å². The van der Waals surface area contributed by atoms with Crippen molar-refractivity contribution in [2.24, 2.45) is 0 Å². The van der Waals surface area contributed by atoms with Gasteiger partial charge in [0.1, 0.15) is 11.6 Å². The molecule has 2 aromatic carbocycles. The summed E-state index contributed by atoms with van der Waals surface area (Å²) < 4.78 is 31.5. The molecule has 0 aliphatic rings. The minimum Gasteiger partial charge on any atom is -0.469 e. The van der Waals surface area contributed by atoms with Gasteiger partial charge in [0.25, 0.3) is 0 Å². The first-order valence-electron chi connectivity index (χ1n) is 7.13. The van der Waals surface area contributed by atoms with E-state index < -0.39 is 29.4 Å². The lowest BCUT2D eigenvalue weighted by Gasteiger charge is -2.23. The zero-order chi connectivity index (χ0) is 17.7. The first kappa shape index (κ1) is 17.9. The molecule has 0 radical (unpaired) electrons. The van der Waals surface area contributed by atoms with Crippen molar-refractivity contribution < 1.29 is 18.3 Å². The van der Waals surface area contributed by atoms with E-state index in [2.05, 4.69) is 10.8 Å². The van der Waals surface area contributed by atoms with Crippen LogP contribution in [0.2, 0.25) is 5.02 Å². The zero-order valence-electron chi connectivity index (χ0n) is 12.8. The van der Waals surface area contributed by atoms with Crippen molar-refractivity contribution in [1.82, 2.24) is 0 Å². The Kier molecular flexibility index (Phi) is 5.88. The van der Waals surface area contributed by atoms with Gasteiger partial charge in [0.15, 0.2) is 0 Å². The summed E-state index contributed by atoms with van der Waals surface area (Å²) in [4.78, 5) is 11.8. The van der Waals surface area contributed by atoms with Gasteiger partial charge in [-0.1, -0.05) is 23.7 Å². The third kappa shape index (κ3) is 4.09. The molecule has 2 atom stereocenters. The molecule has 2 unspecified atom stereocenters. The smallest absolute Gasteiger partial charge is 0.306 e. The molecule has 0 heterocycles. The molecule has 0 amide bonds. The number of nitrogens with zero attached hydrogens (tertiary/aromatic N) is 1. The summed E-state index contributed by atoms with van der Waals surface area (Å²) in [7, 11) is 1.23. The molecular weight excluding hydrogens is 336 g/mol. The third-order valence-electron chi connectivity index (χ3n) is 3.74. The standard InChI is InChI=1S/C18H14ClF2NO2/c1-24-18(23)9-14(15-8-13(21)6-7-17(15)19)16(10-22)11-2-4-12(20)5-3-11/h2-8,14,16H,9H2,1H3. The SMILES string of the molecule is COC(=O)CC(c1cc(F)ccc1Cl)C(C#N)c1ccc(F)cc1. The average molecular weight is 350 g/mol. The molecular formula is C18H14ClF2NO2. The predicted molar refractivity (Wildman–Crippen MR) is 85.5 cm³/mol. The van der Waals surface area contributed by atoms with Crippen LogP contribution in [-0.4, -0.2) is 13.1 Å². The van der Waals surface area contributed by atoms with Crippen LogP contribution in [0.5, 0.6) is 0 Å². The van der Waals surface area contributed by atoms with Gasteiger partial charge in [-0.2, -0.15) is 5.26 Å². The molecule has 0 aliphatic carbocycles. The van der Waals surface area contributed by atoms with Crippen LogP contribution in [0.25, 0.3) is 0 Å². The van der Waals surface area contributed by atoms with Gasteiger partial charge in [0.2, 0.25) is 0 Å². The van der Waals surface area contributed by atoms with E-state index >= 15 is 0 Å². The highest BCUT2D eigenvalue weighted by atomic mass is 35.5. The number of nitriles is 1. The van der Waals surface area contributed by atoms with Crippen molar-refractivity contribution in [2.45, 2.75) is 18.3 Å². The fraction of sp³-hybridized carbons (Fsp3) is 0.222. The Bertz CT molecular complexity index is 772. The van der Waals surface area contributed by atoms with E-state index in [0.29, 0.717) is 11.1 Å². The molecule has 24 heavy (non-hydrogen) atoms. The van der Waals surface area contributed by atoms with Crippen LogP contribution in [0.3, 0.4) is 0 Å². The van der Waals surface area contributed by atoms with Crippen molar-refractivity contribution >= 4 is 17.6 Å². The normalized spacial score (nSPS) is 13.0. The van der Waals surface area contributed by atoms with Gasteiger partial charge in [-0.15, -0.1) is 0 Å². The number of rotatable bonds is 5. The maximum atomic E-state index is 13.6. The molecule has 3 nitrogen and oxygen atoms in total. The second-order valence-corrected chi connectivity index (χ2v) is 5.62. The van der Waals surface area contributed by atoms with Crippen LogP contribution in [0.15, 0.2) is 42.5 Å². The highest BCUT2D eigenvalue weighted by Gasteiger charge is 2.29. The monoisotopic (exact) mass is 349 g/mol. The molecule has 0 aromatic heterocycles. The first-order chi connectivity index (χ1) is 11.5. The largest absolute Gasteiger partial charge is 0.469 e. The van der Waals surface area contributed by atoms with E-state index in [0.717, 1.165) is 0 Å². The Labute approximate surface area is 143 Å². The average Bonchev–Trinajstić information content (AvgIpc) is 2.58. The lowest BCUT2D eigenvalue weighted by molar-refractivity contribution is -0.141. The van der Waals surface area contributed by atoms with Gasteiger partial charge in [0, 0.05) is 10.9 Å². The molecule has 0 fully saturated rings. The van der Waals surface area contributed by atoms with Crippen molar-refractivity contribution in [3.8, 4) is 6.07 Å². The Morgan fingerprint density at radius 3 is 2.42 bits per heavy atom. The minimum absolute atomic E-state index is 0.157. The predicted octanol–water partition coefficient (Wildman–Crippen LogP) is 4.57. The Balaban J connectivity index is 2.51. The van der Waals surface area contributed by atoms with Gasteiger partial charge in [-0.3, -0.25) is 4.79 Å². The van der Waals surface area contributed by atoms with Crippen LogP contribution in [0.1, 0.15) is 29.4 Å². The molecule has 0 saturated heterocycles. The van der Waals surface area contributed by atoms with E-state index in [1.165, 1.54) is 49.6 Å². The molecule has 0 N–H and O–H groups in total. The van der Waals surface area contributed by atoms with Crippen molar-refractivity contribution in [2.75, 3.05) is 7.11 Å². The number of benzene rings is 2. The lowest BCUT2D eigenvalue weighted by Crippen LogP contribution is -2.16. The van der Waals surface area contributed by atoms with Crippen molar-refractivity contribution in [1.29, 1.82) is 5.26 Å². The maximum absolute atomic E-state index is 13.6. The Morgan fingerprint density at radius 1 is 1.21 bits per heavy atom. The fourth-order valence-electron chi connectivity index (χ4n) is 2.54. The lowest BCUT2D eigenvalue weighted by atomic mass is 9.80. The second-order valence-electron chi connectivity index (χ2n) is 5.21. The number of carbonyl (C=O) groups excluding carboxylic acids is 1. The molecule has 6 heteroatoms. The van der Waals surface area contributed by atoms with Gasteiger partial charge in [0.05, 0.1) is 25.5 Å². The number of methoxy groups -OCH3 is 1. The van der Waals surface area contributed by atoms with E-state index in [1.807, 2.05) is 0 Å². The maximum Gasteiger partial charge on any atom is 0.306 e. The summed E-state index contributed by atoms with van der Waals surface area (Å²) in [6.45, 7) is 0. The number of esters is 1. The topological polar surface area (TPSA) is 50.1 Å². The van der Waals surface area contributed by atoms with Crippen molar-refractivity contribution in [3.63, 3.8) is 0 Å². The highest BCUT2D eigenvalue weighted by Crippen LogP contribution is 2.39. The van der Waals surface area contributed by atoms with Gasteiger partial charge in [-0.25, -0.2) is 8.78 Å². The molecule has 0 saturated carbocycles. The number of hydrogen-bond donors (Lipinski definition) is 0. The fourth-order valence-corrected chi connectivity index (χ4v) is 2.79. The van der Waals surface area contributed by atoms with Crippen LogP contribution >= 0.6 is 11.6 Å². The van der Waals surface area contributed by atoms with Crippen molar-refractivity contribution in [3.05, 3.63) is 70.2 Å². The molecule has 2 aromatic rings. The molecule has 0 spiro atoms. The minimum atomic E-state index is -0.816. The number of carbonyl (C=O) groups is 1. The summed E-state index contributed by atoms with van der Waals surface area (Å²) in [5.41, 5.74) is 0.839. The summed E-state index contributed by atoms with van der Waals surface area (Å²) in [5, 5.41) is 9.84.